The van der Waals surface area contributed by atoms with Crippen LogP contribution >= 0.6 is 39.1 Å². The number of hydrogen-bond donors (Lipinski definition) is 0. The van der Waals surface area contributed by atoms with Gasteiger partial charge in [0.15, 0.2) is 0 Å². The zero-order valence-electron chi connectivity index (χ0n) is 8.35. The van der Waals surface area contributed by atoms with Crippen molar-refractivity contribution in [2.24, 2.45) is 0 Å². The number of halogens is 3. The molecule has 82 valence electrons. The summed E-state index contributed by atoms with van der Waals surface area (Å²) < 4.78 is 0. The Labute approximate surface area is 109 Å². The van der Waals surface area contributed by atoms with Crippen molar-refractivity contribution in [2.75, 3.05) is 0 Å². The van der Waals surface area contributed by atoms with E-state index >= 15 is 0 Å². The van der Waals surface area contributed by atoms with E-state index in [1.54, 1.807) is 0 Å². The minimum absolute atomic E-state index is 0.591. The molecule has 1 aromatic rings. The van der Waals surface area contributed by atoms with Gasteiger partial charge in [-0.1, -0.05) is 51.6 Å². The van der Waals surface area contributed by atoms with E-state index < -0.39 is 0 Å². The first-order valence-corrected chi connectivity index (χ1v) is 6.93. The van der Waals surface area contributed by atoms with Crippen LogP contribution in [0.5, 0.6) is 0 Å². The highest BCUT2D eigenvalue weighted by molar-refractivity contribution is 9.09. The summed E-state index contributed by atoms with van der Waals surface area (Å²) in [6.45, 7) is 0. The summed E-state index contributed by atoms with van der Waals surface area (Å²) >= 11 is 15.8. The minimum Gasteiger partial charge on any atom is -0.0890 e. The van der Waals surface area contributed by atoms with Crippen molar-refractivity contribution in [1.29, 1.82) is 0 Å². The fraction of sp³-hybridized carbons (Fsp3) is 0.500. The van der Waals surface area contributed by atoms with Gasteiger partial charge >= 0.3 is 0 Å². The minimum atomic E-state index is 0.591. The van der Waals surface area contributed by atoms with E-state index in [1.807, 2.05) is 12.1 Å². The third kappa shape index (κ3) is 2.89. The van der Waals surface area contributed by atoms with Gasteiger partial charge in [0.25, 0.3) is 0 Å². The van der Waals surface area contributed by atoms with Gasteiger partial charge in [0.2, 0.25) is 0 Å². The lowest BCUT2D eigenvalue weighted by Crippen LogP contribution is -2.13. The molecule has 1 aromatic carbocycles. The molecule has 0 N–H and O–H groups in total. The highest BCUT2D eigenvalue weighted by atomic mass is 79.9. The summed E-state index contributed by atoms with van der Waals surface area (Å²) in [5, 5.41) is 1.53. The molecule has 15 heavy (non-hydrogen) atoms. The van der Waals surface area contributed by atoms with Crippen molar-refractivity contribution in [3.63, 3.8) is 0 Å². The first-order valence-electron chi connectivity index (χ1n) is 5.26. The van der Waals surface area contributed by atoms with Crippen LogP contribution in [0.3, 0.4) is 0 Å². The Hall–Kier alpha value is 0.280. The van der Waals surface area contributed by atoms with Gasteiger partial charge in [-0.05, 0) is 42.9 Å². The van der Waals surface area contributed by atoms with Crippen molar-refractivity contribution >= 4 is 39.1 Å². The van der Waals surface area contributed by atoms with E-state index in [9.17, 15) is 0 Å². The fourth-order valence-corrected chi connectivity index (χ4v) is 3.58. The van der Waals surface area contributed by atoms with Crippen LogP contribution in [-0.2, 0) is 0 Å². The van der Waals surface area contributed by atoms with Crippen LogP contribution in [0.15, 0.2) is 18.2 Å². The van der Waals surface area contributed by atoms with E-state index in [1.165, 1.54) is 31.2 Å². The summed E-state index contributed by atoms with van der Waals surface area (Å²) in [5.74, 6) is 0.591. The number of hydrogen-bond acceptors (Lipinski definition) is 0. The van der Waals surface area contributed by atoms with Crippen LogP contribution in [0.4, 0.5) is 0 Å². The van der Waals surface area contributed by atoms with Crippen molar-refractivity contribution in [3.8, 4) is 0 Å². The quantitative estimate of drug-likeness (QED) is 0.608. The van der Waals surface area contributed by atoms with Crippen molar-refractivity contribution in [2.45, 2.75) is 36.4 Å². The monoisotopic (exact) mass is 306 g/mol. The largest absolute Gasteiger partial charge is 0.0890 e. The third-order valence-corrected chi connectivity index (χ3v) is 4.41. The number of alkyl halides is 1. The molecule has 0 saturated heterocycles. The van der Waals surface area contributed by atoms with Crippen molar-refractivity contribution in [3.05, 3.63) is 33.8 Å². The maximum atomic E-state index is 6.21. The van der Waals surface area contributed by atoms with Crippen molar-refractivity contribution < 1.29 is 0 Å². The molecule has 0 aliphatic heterocycles. The summed E-state index contributed by atoms with van der Waals surface area (Å²) in [7, 11) is 0. The van der Waals surface area contributed by atoms with Gasteiger partial charge in [-0.15, -0.1) is 0 Å². The molecule has 0 nitrogen and oxygen atoms in total. The van der Waals surface area contributed by atoms with Crippen LogP contribution in [0.25, 0.3) is 0 Å². The van der Waals surface area contributed by atoms with Gasteiger partial charge in [-0.3, -0.25) is 0 Å². The molecular weight excluding hydrogens is 295 g/mol. The van der Waals surface area contributed by atoms with E-state index in [0.29, 0.717) is 10.7 Å². The molecule has 3 heteroatoms. The zero-order chi connectivity index (χ0) is 10.8. The Bertz CT molecular complexity index is 351. The Morgan fingerprint density at radius 3 is 2.67 bits per heavy atom. The molecule has 0 radical (unpaired) electrons. The predicted molar refractivity (Wildman–Crippen MR) is 70.4 cm³/mol. The summed E-state index contributed by atoms with van der Waals surface area (Å²) in [6.07, 6.45) is 4.98. The average Bonchev–Trinajstić information content (AvgIpc) is 2.17. The normalized spacial score (nSPS) is 26.6. The first kappa shape index (κ1) is 11.8. The summed E-state index contributed by atoms with van der Waals surface area (Å²) in [4.78, 5) is 0.642. The highest BCUT2D eigenvalue weighted by Gasteiger charge is 2.22. The molecular formula is C12H13BrCl2. The van der Waals surface area contributed by atoms with E-state index in [0.717, 1.165) is 10.0 Å². The molecule has 1 saturated carbocycles. The fourth-order valence-electron chi connectivity index (χ4n) is 2.25. The van der Waals surface area contributed by atoms with Gasteiger partial charge in [0.1, 0.15) is 0 Å². The topological polar surface area (TPSA) is 0 Å². The molecule has 1 fully saturated rings. The van der Waals surface area contributed by atoms with Gasteiger partial charge in [0, 0.05) is 14.9 Å². The second kappa shape index (κ2) is 5.07. The molecule has 0 spiro atoms. The van der Waals surface area contributed by atoms with Gasteiger partial charge in [-0.25, -0.2) is 0 Å². The Kier molecular flexibility index (Phi) is 3.98. The van der Waals surface area contributed by atoms with Gasteiger partial charge < -0.3 is 0 Å². The highest BCUT2D eigenvalue weighted by Crippen LogP contribution is 2.39. The maximum absolute atomic E-state index is 6.21. The molecule has 2 atom stereocenters. The average molecular weight is 308 g/mol. The summed E-state index contributed by atoms with van der Waals surface area (Å²) in [5.41, 5.74) is 1.25. The lowest BCUT2D eigenvalue weighted by molar-refractivity contribution is 0.458. The second-order valence-corrected chi connectivity index (χ2v) is 6.27. The Balaban J connectivity index is 2.21. The predicted octanol–water partition coefficient (Wildman–Crippen LogP) is 5.41. The van der Waals surface area contributed by atoms with E-state index in [2.05, 4.69) is 22.0 Å². The van der Waals surface area contributed by atoms with Crippen molar-refractivity contribution in [1.82, 2.24) is 0 Å². The van der Waals surface area contributed by atoms with Gasteiger partial charge in [0.05, 0.1) is 0 Å². The van der Waals surface area contributed by atoms with Crippen LogP contribution in [0.1, 0.15) is 37.2 Å². The second-order valence-electron chi connectivity index (χ2n) is 4.13. The van der Waals surface area contributed by atoms with E-state index in [4.69, 9.17) is 23.2 Å². The van der Waals surface area contributed by atoms with Gasteiger partial charge in [-0.2, -0.15) is 0 Å². The molecule has 1 aliphatic carbocycles. The Morgan fingerprint density at radius 1 is 1.20 bits per heavy atom. The summed E-state index contributed by atoms with van der Waals surface area (Å²) in [6, 6.07) is 5.84. The maximum Gasteiger partial charge on any atom is 0.0455 e. The van der Waals surface area contributed by atoms with Crippen LogP contribution in [-0.4, -0.2) is 4.83 Å². The Morgan fingerprint density at radius 2 is 2.00 bits per heavy atom. The smallest absolute Gasteiger partial charge is 0.0455 e. The number of benzene rings is 1. The van der Waals surface area contributed by atoms with E-state index in [-0.39, 0.29) is 0 Å². The molecule has 0 aromatic heterocycles. The first-order chi connectivity index (χ1) is 7.16. The molecule has 2 rings (SSSR count). The lowest BCUT2D eigenvalue weighted by atomic mass is 9.84. The lowest BCUT2D eigenvalue weighted by Gasteiger charge is -2.26. The zero-order valence-corrected chi connectivity index (χ0v) is 11.4. The SMILES string of the molecule is Clc1ccc(C2CCCC(Br)C2)c(Cl)c1. The van der Waals surface area contributed by atoms with Crippen LogP contribution in [0, 0.1) is 0 Å². The molecule has 0 bridgehead atoms. The number of rotatable bonds is 1. The molecule has 0 amide bonds. The third-order valence-electron chi connectivity index (χ3n) is 3.01. The van der Waals surface area contributed by atoms with Crippen LogP contribution in [0.2, 0.25) is 10.0 Å². The van der Waals surface area contributed by atoms with Crippen LogP contribution < -0.4 is 0 Å². The standard InChI is InChI=1S/C12H13BrCl2/c13-9-3-1-2-8(6-9)11-5-4-10(14)7-12(11)15/h4-5,7-9H,1-3,6H2. The molecule has 1 aliphatic rings. The molecule has 0 heterocycles. The molecule has 2 unspecified atom stereocenters.